The summed E-state index contributed by atoms with van der Waals surface area (Å²) >= 11 is 0. The van der Waals surface area contributed by atoms with Gasteiger partial charge >= 0.3 is 0 Å². The molecular weight excluding hydrogens is 224 g/mol. The zero-order chi connectivity index (χ0) is 12.6. The van der Waals surface area contributed by atoms with E-state index in [1.807, 2.05) is 24.3 Å². The first-order valence-corrected chi connectivity index (χ1v) is 6.29. The summed E-state index contributed by atoms with van der Waals surface area (Å²) in [6, 6.07) is 7.78. The minimum Gasteiger partial charge on any atom is -0.316 e. The van der Waals surface area contributed by atoms with E-state index in [1.165, 1.54) is 0 Å². The Labute approximate surface area is 106 Å². The number of hydrogen-bond donors (Lipinski definition) is 1. The molecule has 0 spiro atoms. The number of aromatic nitrogens is 1. The second kappa shape index (κ2) is 4.18. The number of hydrogen-bond acceptors (Lipinski definition) is 3. The van der Waals surface area contributed by atoms with Gasteiger partial charge in [-0.1, -0.05) is 25.1 Å². The summed E-state index contributed by atoms with van der Waals surface area (Å²) in [6.45, 7) is 3.75. The molecule has 3 heteroatoms. The fraction of sp³-hybridized carbons (Fsp3) is 0.333. The molecule has 2 heterocycles. The summed E-state index contributed by atoms with van der Waals surface area (Å²) < 4.78 is 0. The summed E-state index contributed by atoms with van der Waals surface area (Å²) in [5, 5.41) is 5.31. The normalized spacial score (nSPS) is 23.4. The molecule has 1 atom stereocenters. The molecule has 0 amide bonds. The molecule has 1 unspecified atom stereocenters. The van der Waals surface area contributed by atoms with Crippen LogP contribution >= 0.6 is 0 Å². The lowest BCUT2D eigenvalue weighted by Crippen LogP contribution is -2.30. The maximum atomic E-state index is 12.7. The first-order valence-electron chi connectivity index (χ1n) is 6.29. The van der Waals surface area contributed by atoms with Crippen LogP contribution in [0.5, 0.6) is 0 Å². The van der Waals surface area contributed by atoms with Crippen molar-refractivity contribution in [2.75, 3.05) is 13.1 Å². The molecule has 1 aliphatic heterocycles. The lowest BCUT2D eigenvalue weighted by atomic mass is 9.80. The highest BCUT2D eigenvalue weighted by Gasteiger charge is 2.37. The van der Waals surface area contributed by atoms with E-state index < -0.39 is 0 Å². The topological polar surface area (TPSA) is 42.0 Å². The van der Waals surface area contributed by atoms with Gasteiger partial charge in [0.2, 0.25) is 0 Å². The van der Waals surface area contributed by atoms with Gasteiger partial charge in [0.25, 0.3) is 0 Å². The first-order chi connectivity index (χ1) is 8.71. The van der Waals surface area contributed by atoms with Gasteiger partial charge < -0.3 is 5.32 Å². The average molecular weight is 240 g/mol. The molecule has 0 radical (unpaired) electrons. The van der Waals surface area contributed by atoms with Crippen LogP contribution in [0.25, 0.3) is 10.8 Å². The van der Waals surface area contributed by atoms with Crippen molar-refractivity contribution in [2.24, 2.45) is 5.41 Å². The van der Waals surface area contributed by atoms with E-state index in [4.69, 9.17) is 0 Å². The number of benzene rings is 1. The number of pyridine rings is 1. The Morgan fingerprint density at radius 1 is 1.39 bits per heavy atom. The number of nitrogens with one attached hydrogen (secondary N) is 1. The molecular formula is C15H16N2O. The van der Waals surface area contributed by atoms with Gasteiger partial charge in [0.05, 0.1) is 0 Å². The SMILES string of the molecule is CC1(C(=O)c2cccc3cnccc23)CCNC1. The van der Waals surface area contributed by atoms with Crippen molar-refractivity contribution in [3.63, 3.8) is 0 Å². The molecule has 3 rings (SSSR count). The average Bonchev–Trinajstić information content (AvgIpc) is 2.85. The fourth-order valence-electron chi connectivity index (χ4n) is 2.66. The lowest BCUT2D eigenvalue weighted by Gasteiger charge is -2.21. The molecule has 1 aliphatic rings. The number of carbonyl (C=O) groups is 1. The van der Waals surface area contributed by atoms with E-state index in [0.717, 1.165) is 35.8 Å². The molecule has 1 N–H and O–H groups in total. The van der Waals surface area contributed by atoms with Crippen molar-refractivity contribution < 1.29 is 4.79 Å². The zero-order valence-corrected chi connectivity index (χ0v) is 10.4. The monoisotopic (exact) mass is 240 g/mol. The summed E-state index contributed by atoms with van der Waals surface area (Å²) in [5.41, 5.74) is 0.554. The number of fused-ring (bicyclic) bond motifs is 1. The van der Waals surface area contributed by atoms with Crippen LogP contribution in [-0.4, -0.2) is 23.9 Å². The zero-order valence-electron chi connectivity index (χ0n) is 10.4. The van der Waals surface area contributed by atoms with Crippen molar-refractivity contribution in [3.8, 4) is 0 Å². The first kappa shape index (κ1) is 11.4. The van der Waals surface area contributed by atoms with Gasteiger partial charge in [0.15, 0.2) is 5.78 Å². The molecule has 3 nitrogen and oxygen atoms in total. The van der Waals surface area contributed by atoms with Crippen LogP contribution in [0, 0.1) is 5.41 Å². The van der Waals surface area contributed by atoms with Gasteiger partial charge in [-0.3, -0.25) is 9.78 Å². The van der Waals surface area contributed by atoms with E-state index >= 15 is 0 Å². The van der Waals surface area contributed by atoms with Gasteiger partial charge in [-0.05, 0) is 24.4 Å². The molecule has 18 heavy (non-hydrogen) atoms. The third-order valence-electron chi connectivity index (χ3n) is 3.84. The Hall–Kier alpha value is -1.74. The Balaban J connectivity index is 2.12. The second-order valence-electron chi connectivity index (χ2n) is 5.22. The Kier molecular flexibility index (Phi) is 2.63. The van der Waals surface area contributed by atoms with Gasteiger partial charge in [0, 0.05) is 35.3 Å². The van der Waals surface area contributed by atoms with Crippen molar-refractivity contribution in [1.29, 1.82) is 0 Å². The third-order valence-corrected chi connectivity index (χ3v) is 3.84. The summed E-state index contributed by atoms with van der Waals surface area (Å²) in [5.74, 6) is 0.240. The minimum absolute atomic E-state index is 0.240. The maximum absolute atomic E-state index is 12.7. The Morgan fingerprint density at radius 3 is 3.06 bits per heavy atom. The van der Waals surface area contributed by atoms with Crippen LogP contribution in [-0.2, 0) is 0 Å². The lowest BCUT2D eigenvalue weighted by molar-refractivity contribution is 0.0841. The number of ketones is 1. The molecule has 0 bridgehead atoms. The van der Waals surface area contributed by atoms with Gasteiger partial charge in [-0.2, -0.15) is 0 Å². The predicted molar refractivity (Wildman–Crippen MR) is 71.7 cm³/mol. The Morgan fingerprint density at radius 2 is 2.28 bits per heavy atom. The van der Waals surface area contributed by atoms with Crippen LogP contribution in [0.4, 0.5) is 0 Å². The maximum Gasteiger partial charge on any atom is 0.170 e. The van der Waals surface area contributed by atoms with E-state index in [2.05, 4.69) is 17.2 Å². The van der Waals surface area contributed by atoms with Crippen molar-refractivity contribution in [2.45, 2.75) is 13.3 Å². The highest BCUT2D eigenvalue weighted by atomic mass is 16.1. The van der Waals surface area contributed by atoms with E-state index in [9.17, 15) is 4.79 Å². The smallest absolute Gasteiger partial charge is 0.170 e. The van der Waals surface area contributed by atoms with Gasteiger partial charge in [0.1, 0.15) is 0 Å². The molecule has 0 saturated carbocycles. The highest BCUT2D eigenvalue weighted by Crippen LogP contribution is 2.31. The molecule has 92 valence electrons. The quantitative estimate of drug-likeness (QED) is 0.820. The largest absolute Gasteiger partial charge is 0.316 e. The molecule has 1 aromatic carbocycles. The van der Waals surface area contributed by atoms with Crippen LogP contribution in [0.3, 0.4) is 0 Å². The number of nitrogens with zero attached hydrogens (tertiary/aromatic N) is 1. The van der Waals surface area contributed by atoms with Crippen LogP contribution in [0.1, 0.15) is 23.7 Å². The second-order valence-corrected chi connectivity index (χ2v) is 5.22. The van der Waals surface area contributed by atoms with Crippen LogP contribution < -0.4 is 5.32 Å². The van der Waals surface area contributed by atoms with Gasteiger partial charge in [-0.15, -0.1) is 0 Å². The van der Waals surface area contributed by atoms with Crippen LogP contribution in [0.15, 0.2) is 36.7 Å². The third kappa shape index (κ3) is 1.71. The predicted octanol–water partition coefficient (Wildman–Crippen LogP) is 2.42. The van der Waals surface area contributed by atoms with E-state index in [0.29, 0.717) is 0 Å². The Bertz CT molecular complexity index is 595. The number of Topliss-reactive ketones (excluding diaryl/α,β-unsaturated/α-hetero) is 1. The molecule has 1 fully saturated rings. The summed E-state index contributed by atoms with van der Waals surface area (Å²) in [6.07, 6.45) is 4.46. The number of rotatable bonds is 2. The van der Waals surface area contributed by atoms with Crippen molar-refractivity contribution in [3.05, 3.63) is 42.2 Å². The molecule has 2 aromatic rings. The highest BCUT2D eigenvalue weighted by molar-refractivity contribution is 6.10. The molecule has 1 aromatic heterocycles. The fourth-order valence-corrected chi connectivity index (χ4v) is 2.66. The molecule has 0 aliphatic carbocycles. The van der Waals surface area contributed by atoms with E-state index in [1.54, 1.807) is 12.4 Å². The standard InChI is InChI=1S/C15H16N2O/c1-15(6-8-17-10-15)14(18)13-4-2-3-11-9-16-7-5-12(11)13/h2-5,7,9,17H,6,8,10H2,1H3. The minimum atomic E-state index is -0.266. The molecule has 1 saturated heterocycles. The van der Waals surface area contributed by atoms with Crippen LogP contribution in [0.2, 0.25) is 0 Å². The van der Waals surface area contributed by atoms with Crippen molar-refractivity contribution >= 4 is 16.6 Å². The van der Waals surface area contributed by atoms with Crippen molar-refractivity contribution in [1.82, 2.24) is 10.3 Å². The van der Waals surface area contributed by atoms with Gasteiger partial charge in [-0.25, -0.2) is 0 Å². The summed E-state index contributed by atoms with van der Waals surface area (Å²) in [7, 11) is 0. The van der Waals surface area contributed by atoms with E-state index in [-0.39, 0.29) is 11.2 Å². The number of carbonyl (C=O) groups excluding carboxylic acids is 1. The summed E-state index contributed by atoms with van der Waals surface area (Å²) in [4.78, 5) is 16.8.